The van der Waals surface area contributed by atoms with E-state index in [-0.39, 0.29) is 37.8 Å². The fourth-order valence-electron chi connectivity index (χ4n) is 3.51. The van der Waals surface area contributed by atoms with Crippen LogP contribution in [0.4, 0.5) is 24.5 Å². The Morgan fingerprint density at radius 3 is 2.27 bits per heavy atom. The second-order valence-electron chi connectivity index (χ2n) is 7.22. The van der Waals surface area contributed by atoms with Crippen LogP contribution >= 0.6 is 0 Å². The van der Waals surface area contributed by atoms with Crippen molar-refractivity contribution in [3.05, 3.63) is 63.7 Å². The van der Waals surface area contributed by atoms with Crippen molar-refractivity contribution in [2.75, 3.05) is 45.3 Å². The zero-order valence-corrected chi connectivity index (χ0v) is 18.0. The molecule has 1 saturated heterocycles. The SMILES string of the molecule is COc1ccc(C=CC(=O)N2CCN(c3ccc(C(F)(F)F)cc3[N+](=O)[O-])CC2)cc1OC. The zero-order valence-electron chi connectivity index (χ0n) is 18.0. The maximum atomic E-state index is 12.9. The van der Waals surface area contributed by atoms with Crippen molar-refractivity contribution in [3.8, 4) is 11.5 Å². The van der Waals surface area contributed by atoms with E-state index in [0.717, 1.165) is 17.7 Å². The smallest absolute Gasteiger partial charge is 0.416 e. The molecule has 0 aliphatic carbocycles. The number of nitro groups is 1. The summed E-state index contributed by atoms with van der Waals surface area (Å²) in [5.74, 6) is 0.847. The minimum Gasteiger partial charge on any atom is -0.493 e. The lowest BCUT2D eigenvalue weighted by Gasteiger charge is -2.35. The summed E-state index contributed by atoms with van der Waals surface area (Å²) < 4.78 is 49.2. The summed E-state index contributed by atoms with van der Waals surface area (Å²) >= 11 is 0. The lowest BCUT2D eigenvalue weighted by atomic mass is 10.1. The highest BCUT2D eigenvalue weighted by Crippen LogP contribution is 2.36. The van der Waals surface area contributed by atoms with Gasteiger partial charge in [-0.1, -0.05) is 6.07 Å². The van der Waals surface area contributed by atoms with E-state index in [1.54, 1.807) is 34.1 Å². The van der Waals surface area contributed by atoms with Gasteiger partial charge < -0.3 is 19.3 Å². The third kappa shape index (κ3) is 5.54. The molecule has 0 spiro atoms. The van der Waals surface area contributed by atoms with Gasteiger partial charge in [-0.3, -0.25) is 14.9 Å². The molecule has 33 heavy (non-hydrogen) atoms. The third-order valence-corrected chi connectivity index (χ3v) is 5.26. The second-order valence-corrected chi connectivity index (χ2v) is 7.22. The van der Waals surface area contributed by atoms with Crippen molar-refractivity contribution in [2.45, 2.75) is 6.18 Å². The van der Waals surface area contributed by atoms with Gasteiger partial charge in [0.1, 0.15) is 5.69 Å². The number of piperazine rings is 1. The molecule has 1 aliphatic heterocycles. The van der Waals surface area contributed by atoms with E-state index in [2.05, 4.69) is 0 Å². The van der Waals surface area contributed by atoms with Crippen LogP contribution in [0.5, 0.6) is 11.5 Å². The molecule has 2 aromatic rings. The van der Waals surface area contributed by atoms with Crippen LogP contribution in [0.15, 0.2) is 42.5 Å². The van der Waals surface area contributed by atoms with E-state index < -0.39 is 22.4 Å². The Balaban J connectivity index is 1.67. The Morgan fingerprint density at radius 2 is 1.70 bits per heavy atom. The molecule has 176 valence electrons. The molecule has 0 atom stereocenters. The average molecular weight is 465 g/mol. The van der Waals surface area contributed by atoms with Crippen molar-refractivity contribution in [3.63, 3.8) is 0 Å². The molecule has 0 bridgehead atoms. The van der Waals surface area contributed by atoms with Crippen molar-refractivity contribution in [2.24, 2.45) is 0 Å². The normalized spacial score (nSPS) is 14.5. The number of benzene rings is 2. The number of anilines is 1. The van der Waals surface area contributed by atoms with Crippen molar-refractivity contribution < 1.29 is 32.4 Å². The first-order valence-corrected chi connectivity index (χ1v) is 9.93. The van der Waals surface area contributed by atoms with Crippen LogP contribution in [-0.2, 0) is 11.0 Å². The number of rotatable bonds is 6. The van der Waals surface area contributed by atoms with Gasteiger partial charge in [-0.2, -0.15) is 13.2 Å². The Hall–Kier alpha value is -3.76. The maximum Gasteiger partial charge on any atom is 0.416 e. The van der Waals surface area contributed by atoms with E-state index in [9.17, 15) is 28.1 Å². The van der Waals surface area contributed by atoms with Gasteiger partial charge in [-0.05, 0) is 35.9 Å². The number of carbonyl (C=O) groups is 1. The number of alkyl halides is 3. The highest BCUT2D eigenvalue weighted by molar-refractivity contribution is 5.92. The third-order valence-electron chi connectivity index (χ3n) is 5.26. The predicted molar refractivity (Wildman–Crippen MR) is 115 cm³/mol. The molecule has 11 heteroatoms. The van der Waals surface area contributed by atoms with Gasteiger partial charge in [0.05, 0.1) is 24.7 Å². The van der Waals surface area contributed by atoms with Crippen LogP contribution in [0.1, 0.15) is 11.1 Å². The monoisotopic (exact) mass is 465 g/mol. The molecule has 3 rings (SSSR count). The number of ether oxygens (including phenoxy) is 2. The summed E-state index contributed by atoms with van der Waals surface area (Å²) in [4.78, 5) is 26.3. The molecule has 0 radical (unpaired) electrons. The summed E-state index contributed by atoms with van der Waals surface area (Å²) in [6.07, 6.45) is -1.62. The molecule has 2 aromatic carbocycles. The number of amides is 1. The summed E-state index contributed by atoms with van der Waals surface area (Å²) in [6, 6.07) is 7.69. The topological polar surface area (TPSA) is 85.2 Å². The minimum atomic E-state index is -4.67. The number of hydrogen-bond acceptors (Lipinski definition) is 6. The van der Waals surface area contributed by atoms with Crippen LogP contribution in [-0.4, -0.2) is 56.1 Å². The molecule has 1 heterocycles. The average Bonchev–Trinajstić information content (AvgIpc) is 2.81. The predicted octanol–water partition coefficient (Wildman–Crippen LogP) is 3.99. The van der Waals surface area contributed by atoms with E-state index in [0.29, 0.717) is 17.6 Å². The van der Waals surface area contributed by atoms with Crippen LogP contribution in [0.25, 0.3) is 6.08 Å². The Morgan fingerprint density at radius 1 is 1.03 bits per heavy atom. The molecule has 0 unspecified atom stereocenters. The van der Waals surface area contributed by atoms with E-state index in [1.165, 1.54) is 20.3 Å². The molecular formula is C22H22F3N3O5. The number of halogens is 3. The first kappa shape index (κ1) is 23.9. The van der Waals surface area contributed by atoms with Crippen molar-refractivity contribution in [1.29, 1.82) is 0 Å². The first-order chi connectivity index (χ1) is 15.6. The van der Waals surface area contributed by atoms with Gasteiger partial charge in [0.15, 0.2) is 11.5 Å². The largest absolute Gasteiger partial charge is 0.493 e. The van der Waals surface area contributed by atoms with Crippen molar-refractivity contribution >= 4 is 23.4 Å². The molecule has 1 aliphatic rings. The van der Waals surface area contributed by atoms with Gasteiger partial charge in [-0.15, -0.1) is 0 Å². The number of nitrogens with zero attached hydrogens (tertiary/aromatic N) is 3. The van der Waals surface area contributed by atoms with Crippen LogP contribution in [0, 0.1) is 10.1 Å². The zero-order chi connectivity index (χ0) is 24.2. The minimum absolute atomic E-state index is 0.0981. The van der Waals surface area contributed by atoms with Crippen molar-refractivity contribution in [1.82, 2.24) is 4.90 Å². The highest BCUT2D eigenvalue weighted by Gasteiger charge is 2.34. The van der Waals surface area contributed by atoms with Crippen LogP contribution in [0.3, 0.4) is 0 Å². The van der Waals surface area contributed by atoms with Crippen LogP contribution in [0.2, 0.25) is 0 Å². The fourth-order valence-corrected chi connectivity index (χ4v) is 3.51. The number of methoxy groups -OCH3 is 2. The molecule has 1 amide bonds. The fraction of sp³-hybridized carbons (Fsp3) is 0.318. The molecule has 8 nitrogen and oxygen atoms in total. The summed E-state index contributed by atoms with van der Waals surface area (Å²) in [6.45, 7) is 1.05. The number of nitro benzene ring substituents is 1. The number of hydrogen-bond donors (Lipinski definition) is 0. The summed E-state index contributed by atoms with van der Waals surface area (Å²) in [5.41, 5.74) is -0.856. The molecule has 0 aromatic heterocycles. The van der Waals surface area contributed by atoms with Gasteiger partial charge in [0.25, 0.3) is 5.69 Å². The number of carbonyl (C=O) groups excluding carboxylic acids is 1. The lowest BCUT2D eigenvalue weighted by molar-refractivity contribution is -0.384. The standard InChI is InChI=1S/C22H22F3N3O5/c1-32-19-7-3-15(13-20(19)33-2)4-8-21(29)27-11-9-26(10-12-27)17-6-5-16(22(23,24)25)14-18(17)28(30)31/h3-8,13-14H,9-12H2,1-2H3. The Bertz CT molecular complexity index is 1060. The highest BCUT2D eigenvalue weighted by atomic mass is 19.4. The molecular weight excluding hydrogens is 443 g/mol. The van der Waals surface area contributed by atoms with E-state index in [4.69, 9.17) is 9.47 Å². The lowest BCUT2D eigenvalue weighted by Crippen LogP contribution is -2.48. The second kappa shape index (κ2) is 9.80. The Kier molecular flexibility index (Phi) is 7.10. The molecule has 1 fully saturated rings. The summed E-state index contributed by atoms with van der Waals surface area (Å²) in [7, 11) is 3.03. The van der Waals surface area contributed by atoms with E-state index >= 15 is 0 Å². The molecule has 0 saturated carbocycles. The summed E-state index contributed by atoms with van der Waals surface area (Å²) in [5, 5.41) is 11.3. The Labute approximate surface area is 188 Å². The first-order valence-electron chi connectivity index (χ1n) is 9.93. The maximum absolute atomic E-state index is 12.9. The van der Waals surface area contributed by atoms with Gasteiger partial charge >= 0.3 is 6.18 Å². The molecule has 0 N–H and O–H groups in total. The quantitative estimate of drug-likeness (QED) is 0.364. The van der Waals surface area contributed by atoms with Gasteiger partial charge in [0, 0.05) is 38.3 Å². The van der Waals surface area contributed by atoms with Crippen LogP contribution < -0.4 is 14.4 Å². The van der Waals surface area contributed by atoms with Gasteiger partial charge in [-0.25, -0.2) is 0 Å². The van der Waals surface area contributed by atoms with Gasteiger partial charge in [0.2, 0.25) is 5.91 Å². The van der Waals surface area contributed by atoms with E-state index in [1.807, 2.05) is 0 Å².